The third kappa shape index (κ3) is 4.44. The lowest BCUT2D eigenvalue weighted by atomic mass is 10.2. The Morgan fingerprint density at radius 3 is 2.69 bits per heavy atom. The first-order valence-corrected chi connectivity index (χ1v) is 9.54. The fourth-order valence-electron chi connectivity index (χ4n) is 2.27. The maximum Gasteiger partial charge on any atom is 0.338 e. The van der Waals surface area contributed by atoms with Gasteiger partial charge in [-0.05, 0) is 49.4 Å². The van der Waals surface area contributed by atoms with Crippen molar-refractivity contribution in [1.82, 2.24) is 0 Å². The standard InChI is InChI=1S/C18H15BrN2O4S/c1-10(17(23)20-13-5-3-12(19)4-6-13)25-18(24)11-2-7-15-14(8-11)21-16(22)9-26-15/h2-8,10H,9H2,1H3,(H,20,23)(H,21,22). The van der Waals surface area contributed by atoms with Crippen molar-refractivity contribution >= 4 is 56.9 Å². The summed E-state index contributed by atoms with van der Waals surface area (Å²) in [6, 6.07) is 12.0. The largest absolute Gasteiger partial charge is 0.449 e. The lowest BCUT2D eigenvalue weighted by Gasteiger charge is -2.17. The summed E-state index contributed by atoms with van der Waals surface area (Å²) in [6.45, 7) is 1.50. The van der Waals surface area contributed by atoms with Crippen molar-refractivity contribution in [2.75, 3.05) is 16.4 Å². The average molecular weight is 435 g/mol. The van der Waals surface area contributed by atoms with Crippen molar-refractivity contribution in [2.24, 2.45) is 0 Å². The van der Waals surface area contributed by atoms with Gasteiger partial charge in [0.15, 0.2) is 6.10 Å². The molecule has 0 bridgehead atoms. The van der Waals surface area contributed by atoms with Crippen LogP contribution in [0.15, 0.2) is 51.8 Å². The van der Waals surface area contributed by atoms with Gasteiger partial charge in [-0.1, -0.05) is 15.9 Å². The summed E-state index contributed by atoms with van der Waals surface area (Å²) in [4.78, 5) is 36.8. The molecule has 1 unspecified atom stereocenters. The molecule has 2 aromatic carbocycles. The van der Waals surface area contributed by atoms with Crippen LogP contribution in [-0.2, 0) is 14.3 Å². The molecule has 0 saturated carbocycles. The Labute approximate surface area is 162 Å². The molecule has 0 saturated heterocycles. The van der Waals surface area contributed by atoms with Gasteiger partial charge in [-0.15, -0.1) is 11.8 Å². The maximum atomic E-state index is 12.3. The number of hydrogen-bond donors (Lipinski definition) is 2. The molecule has 8 heteroatoms. The van der Waals surface area contributed by atoms with Gasteiger partial charge in [-0.3, -0.25) is 9.59 Å². The fourth-order valence-corrected chi connectivity index (χ4v) is 3.32. The number of esters is 1. The Balaban J connectivity index is 1.63. The van der Waals surface area contributed by atoms with Crippen LogP contribution < -0.4 is 10.6 Å². The third-order valence-corrected chi connectivity index (χ3v) is 5.22. The SMILES string of the molecule is CC(OC(=O)c1ccc2c(c1)NC(=O)CS2)C(=O)Nc1ccc(Br)cc1. The van der Waals surface area contributed by atoms with Crippen molar-refractivity contribution in [3.05, 3.63) is 52.5 Å². The van der Waals surface area contributed by atoms with Gasteiger partial charge < -0.3 is 15.4 Å². The number of ether oxygens (including phenoxy) is 1. The van der Waals surface area contributed by atoms with Crippen LogP contribution in [0.3, 0.4) is 0 Å². The molecule has 26 heavy (non-hydrogen) atoms. The molecule has 2 N–H and O–H groups in total. The Kier molecular flexibility index (Phi) is 5.63. The molecule has 0 aliphatic carbocycles. The first kappa shape index (κ1) is 18.5. The number of carbonyl (C=O) groups excluding carboxylic acids is 3. The highest BCUT2D eigenvalue weighted by molar-refractivity contribution is 9.10. The summed E-state index contributed by atoms with van der Waals surface area (Å²) in [7, 11) is 0. The van der Waals surface area contributed by atoms with Gasteiger partial charge in [0.2, 0.25) is 5.91 Å². The molecule has 6 nitrogen and oxygen atoms in total. The van der Waals surface area contributed by atoms with Gasteiger partial charge in [0.1, 0.15) is 0 Å². The highest BCUT2D eigenvalue weighted by Crippen LogP contribution is 2.32. The lowest BCUT2D eigenvalue weighted by Crippen LogP contribution is -2.30. The first-order valence-electron chi connectivity index (χ1n) is 7.76. The van der Waals surface area contributed by atoms with Crippen LogP contribution in [0, 0.1) is 0 Å². The van der Waals surface area contributed by atoms with Crippen LogP contribution >= 0.6 is 27.7 Å². The molecule has 3 rings (SSSR count). The fraction of sp³-hybridized carbons (Fsp3) is 0.167. The monoisotopic (exact) mass is 434 g/mol. The number of rotatable bonds is 4. The summed E-state index contributed by atoms with van der Waals surface area (Å²) in [5.41, 5.74) is 1.46. The summed E-state index contributed by atoms with van der Waals surface area (Å²) in [5.74, 6) is -0.821. The van der Waals surface area contributed by atoms with Gasteiger partial charge in [-0.2, -0.15) is 0 Å². The molecular formula is C18H15BrN2O4S. The zero-order chi connectivity index (χ0) is 18.7. The van der Waals surface area contributed by atoms with E-state index in [1.165, 1.54) is 18.7 Å². The van der Waals surface area contributed by atoms with Gasteiger partial charge in [-0.25, -0.2) is 4.79 Å². The molecule has 1 atom stereocenters. The molecular weight excluding hydrogens is 420 g/mol. The molecule has 1 aliphatic rings. The van der Waals surface area contributed by atoms with Crippen molar-refractivity contribution in [3.8, 4) is 0 Å². The normalized spacial score (nSPS) is 14.0. The molecule has 0 spiro atoms. The number of nitrogens with one attached hydrogen (secondary N) is 2. The molecule has 0 radical (unpaired) electrons. The van der Waals surface area contributed by atoms with Crippen molar-refractivity contribution in [1.29, 1.82) is 0 Å². The molecule has 2 aromatic rings. The zero-order valence-corrected chi connectivity index (χ0v) is 16.1. The van der Waals surface area contributed by atoms with E-state index in [0.717, 1.165) is 9.37 Å². The highest BCUT2D eigenvalue weighted by Gasteiger charge is 2.21. The number of anilines is 2. The summed E-state index contributed by atoms with van der Waals surface area (Å²) in [6.07, 6.45) is -0.967. The van der Waals surface area contributed by atoms with Crippen molar-refractivity contribution in [3.63, 3.8) is 0 Å². The van der Waals surface area contributed by atoms with Crippen LogP contribution in [0.1, 0.15) is 17.3 Å². The van der Waals surface area contributed by atoms with Crippen LogP contribution in [0.2, 0.25) is 0 Å². The van der Waals surface area contributed by atoms with Gasteiger partial charge in [0.05, 0.1) is 17.0 Å². The quantitative estimate of drug-likeness (QED) is 0.716. The van der Waals surface area contributed by atoms with E-state index in [2.05, 4.69) is 26.6 Å². The Morgan fingerprint density at radius 2 is 1.96 bits per heavy atom. The van der Waals surface area contributed by atoms with E-state index in [1.807, 2.05) is 0 Å². The van der Waals surface area contributed by atoms with E-state index >= 15 is 0 Å². The van der Waals surface area contributed by atoms with Crippen LogP contribution in [0.25, 0.3) is 0 Å². The lowest BCUT2D eigenvalue weighted by molar-refractivity contribution is -0.123. The van der Waals surface area contributed by atoms with Crippen molar-refractivity contribution in [2.45, 2.75) is 17.9 Å². The smallest absolute Gasteiger partial charge is 0.338 e. The Hall–Kier alpha value is -2.32. The molecule has 0 aromatic heterocycles. The predicted molar refractivity (Wildman–Crippen MR) is 103 cm³/mol. The topological polar surface area (TPSA) is 84.5 Å². The van der Waals surface area contributed by atoms with E-state index in [4.69, 9.17) is 4.74 Å². The van der Waals surface area contributed by atoms with Gasteiger partial charge in [0, 0.05) is 15.1 Å². The molecule has 134 valence electrons. The second-order valence-corrected chi connectivity index (χ2v) is 7.52. The van der Waals surface area contributed by atoms with Gasteiger partial charge >= 0.3 is 5.97 Å². The van der Waals surface area contributed by atoms with E-state index in [9.17, 15) is 14.4 Å². The maximum absolute atomic E-state index is 12.3. The van der Waals surface area contributed by atoms with E-state index < -0.39 is 18.0 Å². The highest BCUT2D eigenvalue weighted by atomic mass is 79.9. The molecule has 1 aliphatic heterocycles. The number of fused-ring (bicyclic) bond motifs is 1. The van der Waals surface area contributed by atoms with Crippen LogP contribution in [0.5, 0.6) is 0 Å². The number of carbonyl (C=O) groups is 3. The number of benzene rings is 2. The minimum atomic E-state index is -0.967. The number of hydrogen-bond acceptors (Lipinski definition) is 5. The number of thioether (sulfide) groups is 1. The first-order chi connectivity index (χ1) is 12.4. The van der Waals surface area contributed by atoms with Crippen LogP contribution in [-0.4, -0.2) is 29.6 Å². The predicted octanol–water partition coefficient (Wildman–Crippen LogP) is 3.68. The van der Waals surface area contributed by atoms with Gasteiger partial charge in [0.25, 0.3) is 5.91 Å². The summed E-state index contributed by atoms with van der Waals surface area (Å²) < 4.78 is 6.13. The third-order valence-electron chi connectivity index (χ3n) is 3.61. The molecule has 1 heterocycles. The van der Waals surface area contributed by atoms with E-state index in [-0.39, 0.29) is 11.5 Å². The number of amides is 2. The zero-order valence-electron chi connectivity index (χ0n) is 13.7. The second-order valence-electron chi connectivity index (χ2n) is 5.59. The minimum Gasteiger partial charge on any atom is -0.449 e. The number of halogens is 1. The second kappa shape index (κ2) is 7.92. The van der Waals surface area contributed by atoms with E-state index in [0.29, 0.717) is 17.1 Å². The Morgan fingerprint density at radius 1 is 1.23 bits per heavy atom. The van der Waals surface area contributed by atoms with Crippen LogP contribution in [0.4, 0.5) is 11.4 Å². The summed E-state index contributed by atoms with van der Waals surface area (Å²) >= 11 is 4.73. The van der Waals surface area contributed by atoms with Crippen molar-refractivity contribution < 1.29 is 19.1 Å². The minimum absolute atomic E-state index is 0.115. The molecule has 0 fully saturated rings. The Bertz CT molecular complexity index is 870. The molecule has 2 amide bonds. The average Bonchev–Trinajstić information content (AvgIpc) is 2.62. The summed E-state index contributed by atoms with van der Waals surface area (Å²) in [5, 5.41) is 5.40. The van der Waals surface area contributed by atoms with E-state index in [1.54, 1.807) is 42.5 Å².